The molecule has 2 aromatic rings. The van der Waals surface area contributed by atoms with E-state index < -0.39 is 5.82 Å². The average molecular weight is 293 g/mol. The molecule has 3 nitrogen and oxygen atoms in total. The fourth-order valence-electron chi connectivity index (χ4n) is 2.31. The maximum Gasteiger partial charge on any atom is 0.143 e. The number of hydrogen-bond acceptors (Lipinski definition) is 3. The molecule has 5 heteroatoms. The lowest BCUT2D eigenvalue weighted by molar-refractivity contribution is 0.246. The third-order valence-electron chi connectivity index (χ3n) is 3.33. The van der Waals surface area contributed by atoms with Crippen LogP contribution in [0.3, 0.4) is 0 Å². The maximum absolute atomic E-state index is 13.2. The van der Waals surface area contributed by atoms with Gasteiger partial charge in [0.1, 0.15) is 17.7 Å². The van der Waals surface area contributed by atoms with E-state index in [2.05, 4.69) is 11.4 Å². The molecule has 3 rings (SSSR count). The van der Waals surface area contributed by atoms with Gasteiger partial charge in [-0.3, -0.25) is 0 Å². The fourth-order valence-corrected chi connectivity index (χ4v) is 2.47. The molecule has 0 saturated carbocycles. The summed E-state index contributed by atoms with van der Waals surface area (Å²) in [4.78, 5) is 0. The lowest BCUT2D eigenvalue weighted by Gasteiger charge is -2.14. The molecule has 0 spiro atoms. The number of nitrogens with one attached hydrogen (secondary N) is 1. The third kappa shape index (κ3) is 2.51. The van der Waals surface area contributed by atoms with Crippen LogP contribution in [0.15, 0.2) is 36.4 Å². The van der Waals surface area contributed by atoms with Crippen LogP contribution in [0, 0.1) is 5.82 Å². The number of fused-ring (bicyclic) bond motifs is 1. The Labute approximate surface area is 121 Å². The normalized spacial score (nSPS) is 16.6. The van der Waals surface area contributed by atoms with Gasteiger partial charge >= 0.3 is 0 Å². The molecular formula is C15H14ClFN2O. The highest BCUT2D eigenvalue weighted by Gasteiger charge is 2.22. The summed E-state index contributed by atoms with van der Waals surface area (Å²) in [5.41, 5.74) is 7.91. The zero-order chi connectivity index (χ0) is 14.1. The van der Waals surface area contributed by atoms with Gasteiger partial charge in [-0.05, 0) is 17.7 Å². The van der Waals surface area contributed by atoms with E-state index in [0.717, 1.165) is 12.2 Å². The molecule has 0 amide bonds. The zero-order valence-electron chi connectivity index (χ0n) is 10.7. The van der Waals surface area contributed by atoms with Crippen LogP contribution in [0.25, 0.3) is 0 Å². The van der Waals surface area contributed by atoms with Crippen molar-refractivity contribution < 1.29 is 9.13 Å². The van der Waals surface area contributed by atoms with Crippen molar-refractivity contribution in [1.82, 2.24) is 0 Å². The van der Waals surface area contributed by atoms with Crippen molar-refractivity contribution in [2.24, 2.45) is 0 Å². The Morgan fingerprint density at radius 1 is 1.35 bits per heavy atom. The molecule has 104 valence electrons. The molecule has 1 unspecified atom stereocenters. The molecule has 0 aliphatic carbocycles. The van der Waals surface area contributed by atoms with Crippen LogP contribution in [-0.2, 0) is 6.42 Å². The highest BCUT2D eigenvalue weighted by molar-refractivity contribution is 6.31. The van der Waals surface area contributed by atoms with Gasteiger partial charge in [0.25, 0.3) is 0 Å². The molecule has 20 heavy (non-hydrogen) atoms. The van der Waals surface area contributed by atoms with Crippen LogP contribution < -0.4 is 15.8 Å². The smallest absolute Gasteiger partial charge is 0.143 e. The molecular weight excluding hydrogens is 279 g/mol. The topological polar surface area (TPSA) is 47.3 Å². The van der Waals surface area contributed by atoms with Crippen LogP contribution in [0.4, 0.5) is 15.8 Å². The first kappa shape index (κ1) is 13.1. The van der Waals surface area contributed by atoms with Crippen LogP contribution >= 0.6 is 11.6 Å². The van der Waals surface area contributed by atoms with Crippen molar-refractivity contribution in [3.8, 4) is 5.75 Å². The summed E-state index contributed by atoms with van der Waals surface area (Å²) < 4.78 is 19.0. The lowest BCUT2D eigenvalue weighted by atomic mass is 10.1. The number of ether oxygens (including phenoxy) is 1. The second-order valence-corrected chi connectivity index (χ2v) is 5.19. The van der Waals surface area contributed by atoms with Gasteiger partial charge < -0.3 is 15.8 Å². The van der Waals surface area contributed by atoms with Gasteiger partial charge in [-0.2, -0.15) is 0 Å². The van der Waals surface area contributed by atoms with Gasteiger partial charge in [0.05, 0.1) is 22.9 Å². The molecule has 0 aromatic heterocycles. The summed E-state index contributed by atoms with van der Waals surface area (Å²) in [6.45, 7) is 0.584. The van der Waals surface area contributed by atoms with Gasteiger partial charge in [-0.1, -0.05) is 29.8 Å². The number of rotatable bonds is 3. The Hall–Kier alpha value is -1.94. The first-order valence-corrected chi connectivity index (χ1v) is 6.74. The molecule has 2 aromatic carbocycles. The highest BCUT2D eigenvalue weighted by Crippen LogP contribution is 2.30. The molecule has 0 saturated heterocycles. The number of hydrogen-bond donors (Lipinski definition) is 2. The summed E-state index contributed by atoms with van der Waals surface area (Å²) in [7, 11) is 0. The first-order chi connectivity index (χ1) is 9.63. The van der Waals surface area contributed by atoms with E-state index in [9.17, 15) is 4.39 Å². The zero-order valence-corrected chi connectivity index (χ0v) is 11.5. The van der Waals surface area contributed by atoms with Gasteiger partial charge in [-0.25, -0.2) is 4.39 Å². The Morgan fingerprint density at radius 3 is 2.95 bits per heavy atom. The third-order valence-corrected chi connectivity index (χ3v) is 3.62. The Morgan fingerprint density at radius 2 is 2.15 bits per heavy atom. The minimum absolute atomic E-state index is 0.0376. The number of para-hydroxylation sites is 1. The fraction of sp³-hybridized carbons (Fsp3) is 0.200. The van der Waals surface area contributed by atoms with Crippen molar-refractivity contribution in [2.45, 2.75) is 12.5 Å². The maximum atomic E-state index is 13.2. The van der Waals surface area contributed by atoms with Crippen molar-refractivity contribution >= 4 is 23.0 Å². The number of anilines is 2. The second kappa shape index (κ2) is 5.21. The summed E-state index contributed by atoms with van der Waals surface area (Å²) in [5.74, 6) is 0.406. The molecule has 0 radical (unpaired) electrons. The van der Waals surface area contributed by atoms with Gasteiger partial charge in [0.2, 0.25) is 0 Å². The number of halogens is 2. The number of benzene rings is 2. The molecule has 1 heterocycles. The van der Waals surface area contributed by atoms with E-state index in [1.54, 1.807) is 0 Å². The summed E-state index contributed by atoms with van der Waals surface area (Å²) in [6.07, 6.45) is 0.883. The monoisotopic (exact) mass is 292 g/mol. The minimum Gasteiger partial charge on any atom is -0.488 e. The molecule has 0 bridgehead atoms. The Kier molecular flexibility index (Phi) is 3.40. The van der Waals surface area contributed by atoms with Crippen LogP contribution in [0.5, 0.6) is 5.75 Å². The predicted molar refractivity (Wildman–Crippen MR) is 78.9 cm³/mol. The van der Waals surface area contributed by atoms with E-state index in [1.165, 1.54) is 17.7 Å². The van der Waals surface area contributed by atoms with Gasteiger partial charge in [0.15, 0.2) is 0 Å². The van der Waals surface area contributed by atoms with Gasteiger partial charge in [-0.15, -0.1) is 0 Å². The van der Waals surface area contributed by atoms with E-state index in [0.29, 0.717) is 17.9 Å². The van der Waals surface area contributed by atoms with Crippen molar-refractivity contribution in [1.29, 1.82) is 0 Å². The Balaban J connectivity index is 1.66. The molecule has 0 fully saturated rings. The van der Waals surface area contributed by atoms with E-state index in [4.69, 9.17) is 22.1 Å². The molecule has 3 N–H and O–H groups in total. The second-order valence-electron chi connectivity index (χ2n) is 4.79. The quantitative estimate of drug-likeness (QED) is 0.852. The average Bonchev–Trinajstić information content (AvgIpc) is 2.84. The number of nitrogen functional groups attached to an aromatic ring is 1. The Bertz CT molecular complexity index is 623. The molecule has 1 atom stereocenters. The van der Waals surface area contributed by atoms with Crippen molar-refractivity contribution in [3.63, 3.8) is 0 Å². The largest absolute Gasteiger partial charge is 0.488 e. The van der Waals surface area contributed by atoms with Crippen LogP contribution in [0.2, 0.25) is 5.02 Å². The summed E-state index contributed by atoms with van der Waals surface area (Å²) in [5, 5.41) is 3.21. The SMILES string of the molecule is Nc1cc(F)c(Cl)cc1NCC1Cc2ccccc2O1. The molecule has 1 aliphatic rings. The first-order valence-electron chi connectivity index (χ1n) is 6.36. The summed E-state index contributed by atoms with van der Waals surface area (Å²) >= 11 is 5.75. The predicted octanol–water partition coefficient (Wildman–Crippen LogP) is 3.48. The number of nitrogens with two attached hydrogens (primary N) is 1. The lowest BCUT2D eigenvalue weighted by Crippen LogP contribution is -2.24. The van der Waals surface area contributed by atoms with Crippen molar-refractivity contribution in [2.75, 3.05) is 17.6 Å². The minimum atomic E-state index is -0.515. The van der Waals surface area contributed by atoms with Crippen LogP contribution in [0.1, 0.15) is 5.56 Å². The van der Waals surface area contributed by atoms with Gasteiger partial charge in [0, 0.05) is 12.5 Å². The van der Waals surface area contributed by atoms with E-state index in [-0.39, 0.29) is 11.1 Å². The van der Waals surface area contributed by atoms with Crippen molar-refractivity contribution in [3.05, 3.63) is 52.8 Å². The summed E-state index contributed by atoms with van der Waals surface area (Å²) in [6, 6.07) is 10.7. The van der Waals surface area contributed by atoms with E-state index in [1.807, 2.05) is 18.2 Å². The molecule has 1 aliphatic heterocycles. The van der Waals surface area contributed by atoms with Crippen LogP contribution in [-0.4, -0.2) is 12.6 Å². The standard InChI is InChI=1S/C15H14ClFN2O/c16-11-6-14(13(18)7-12(11)17)19-8-10-5-9-3-1-2-4-15(9)20-10/h1-4,6-7,10,19H,5,8,18H2. The van der Waals surface area contributed by atoms with E-state index >= 15 is 0 Å². The highest BCUT2D eigenvalue weighted by atomic mass is 35.5.